The predicted molar refractivity (Wildman–Crippen MR) is 112 cm³/mol. The number of aromatic nitrogens is 2. The number of carbonyl (C=O) groups excluding carboxylic acids is 1. The molecule has 0 atom stereocenters. The summed E-state index contributed by atoms with van der Waals surface area (Å²) >= 11 is 1.66. The summed E-state index contributed by atoms with van der Waals surface area (Å²) in [6.45, 7) is 1.65. The zero-order chi connectivity index (χ0) is 19.1. The highest BCUT2D eigenvalue weighted by Gasteiger charge is 2.25. The largest absolute Gasteiger partial charge is 0.341 e. The number of aryl methyl sites for hydroxylation is 2. The van der Waals surface area contributed by atoms with Crippen LogP contribution < -0.4 is 5.56 Å². The van der Waals surface area contributed by atoms with Crippen molar-refractivity contribution in [1.82, 2.24) is 14.5 Å². The lowest BCUT2D eigenvalue weighted by Gasteiger charge is -2.18. The van der Waals surface area contributed by atoms with E-state index in [-0.39, 0.29) is 18.0 Å². The number of carbonyl (C=O) groups is 1. The Kier molecular flexibility index (Phi) is 4.51. The van der Waals surface area contributed by atoms with Gasteiger partial charge in [-0.15, -0.1) is 11.3 Å². The number of nitrogens with zero attached hydrogens (tertiary/aromatic N) is 3. The number of benzene rings is 1. The molecule has 3 heterocycles. The molecule has 1 saturated heterocycles. The van der Waals surface area contributed by atoms with E-state index in [2.05, 4.69) is 0 Å². The Morgan fingerprint density at radius 3 is 2.57 bits per heavy atom. The normalized spacial score (nSPS) is 16.5. The van der Waals surface area contributed by atoms with Crippen LogP contribution in [0.25, 0.3) is 21.6 Å². The first-order valence-electron chi connectivity index (χ1n) is 10.1. The molecule has 2 aromatic heterocycles. The maximum Gasteiger partial charge on any atom is 0.263 e. The third-order valence-corrected chi connectivity index (χ3v) is 7.04. The summed E-state index contributed by atoms with van der Waals surface area (Å²) in [5.41, 5.74) is 1.99. The van der Waals surface area contributed by atoms with E-state index >= 15 is 0 Å². The summed E-state index contributed by atoms with van der Waals surface area (Å²) < 4.78 is 1.61. The van der Waals surface area contributed by atoms with Crippen molar-refractivity contribution in [2.45, 2.75) is 45.1 Å². The summed E-state index contributed by atoms with van der Waals surface area (Å²) in [6.07, 6.45) is 6.35. The molecule has 1 aliphatic carbocycles. The number of fused-ring (bicyclic) bond motifs is 3. The van der Waals surface area contributed by atoms with Crippen molar-refractivity contribution in [3.05, 3.63) is 51.1 Å². The molecule has 5 rings (SSSR count). The maximum atomic E-state index is 13.6. The van der Waals surface area contributed by atoms with Crippen molar-refractivity contribution in [3.8, 4) is 11.4 Å². The van der Waals surface area contributed by atoms with E-state index in [0.29, 0.717) is 5.82 Å². The molecule has 1 aliphatic heterocycles. The van der Waals surface area contributed by atoms with Crippen LogP contribution in [0.1, 0.15) is 36.1 Å². The summed E-state index contributed by atoms with van der Waals surface area (Å²) in [6, 6.07) is 9.75. The van der Waals surface area contributed by atoms with Gasteiger partial charge in [0.25, 0.3) is 5.56 Å². The zero-order valence-corrected chi connectivity index (χ0v) is 16.6. The Balaban J connectivity index is 1.69. The number of hydrogen-bond donors (Lipinski definition) is 0. The van der Waals surface area contributed by atoms with Gasteiger partial charge in [-0.3, -0.25) is 14.2 Å². The topological polar surface area (TPSA) is 55.2 Å². The Morgan fingerprint density at radius 1 is 1.04 bits per heavy atom. The molecule has 0 unspecified atom stereocenters. The lowest BCUT2D eigenvalue weighted by molar-refractivity contribution is -0.130. The van der Waals surface area contributed by atoms with Crippen LogP contribution in [0.5, 0.6) is 0 Å². The van der Waals surface area contributed by atoms with Crippen LogP contribution in [-0.4, -0.2) is 33.4 Å². The molecular formula is C22H23N3O2S. The number of thiophene rings is 1. The third kappa shape index (κ3) is 2.96. The van der Waals surface area contributed by atoms with Gasteiger partial charge in [0.2, 0.25) is 5.91 Å². The Bertz CT molecular complexity index is 1090. The fraction of sp³-hybridized carbons (Fsp3) is 0.409. The molecular weight excluding hydrogens is 370 g/mol. The monoisotopic (exact) mass is 393 g/mol. The maximum absolute atomic E-state index is 13.6. The summed E-state index contributed by atoms with van der Waals surface area (Å²) in [5.74, 6) is 0.617. The average Bonchev–Trinajstić information content (AvgIpc) is 3.38. The van der Waals surface area contributed by atoms with E-state index in [9.17, 15) is 9.59 Å². The van der Waals surface area contributed by atoms with Crippen molar-refractivity contribution in [2.75, 3.05) is 13.1 Å². The van der Waals surface area contributed by atoms with Crippen LogP contribution in [0.4, 0.5) is 0 Å². The van der Waals surface area contributed by atoms with Crippen LogP contribution >= 0.6 is 11.3 Å². The molecule has 0 spiro atoms. The first-order valence-corrected chi connectivity index (χ1v) is 10.9. The highest BCUT2D eigenvalue weighted by molar-refractivity contribution is 7.18. The minimum Gasteiger partial charge on any atom is -0.341 e. The van der Waals surface area contributed by atoms with Crippen LogP contribution in [0.2, 0.25) is 0 Å². The van der Waals surface area contributed by atoms with E-state index < -0.39 is 0 Å². The summed E-state index contributed by atoms with van der Waals surface area (Å²) in [4.78, 5) is 35.3. The number of amides is 1. The first kappa shape index (κ1) is 17.6. The molecule has 28 heavy (non-hydrogen) atoms. The minimum atomic E-state index is -0.0594. The molecule has 5 nitrogen and oxygen atoms in total. The summed E-state index contributed by atoms with van der Waals surface area (Å²) in [7, 11) is 0. The molecule has 1 fully saturated rings. The standard InChI is InChI=1S/C22H23N3O2S/c26-18(24-12-6-7-13-24)14-25-20(15-8-2-1-3-9-15)23-21-19(22(25)27)16-10-4-5-11-17(16)28-21/h1-3,8-9H,4-7,10-14H2. The second-order valence-corrected chi connectivity index (χ2v) is 8.76. The quantitative estimate of drug-likeness (QED) is 0.683. The molecule has 1 aromatic carbocycles. The Morgan fingerprint density at radius 2 is 1.79 bits per heavy atom. The highest BCUT2D eigenvalue weighted by Crippen LogP contribution is 2.34. The molecule has 6 heteroatoms. The fourth-order valence-corrected chi connectivity index (χ4v) is 5.65. The van der Waals surface area contributed by atoms with Crippen LogP contribution in [0.3, 0.4) is 0 Å². The van der Waals surface area contributed by atoms with Gasteiger partial charge in [-0.25, -0.2) is 4.98 Å². The Hall–Kier alpha value is -2.47. The first-order chi connectivity index (χ1) is 13.7. The smallest absolute Gasteiger partial charge is 0.263 e. The average molecular weight is 394 g/mol. The van der Waals surface area contributed by atoms with E-state index in [1.165, 1.54) is 16.9 Å². The summed E-state index contributed by atoms with van der Waals surface area (Å²) in [5, 5.41) is 0.744. The molecule has 3 aromatic rings. The SMILES string of the molecule is O=C(Cn1c(-c2ccccc2)nc2sc3c(c2c1=O)CCCC3)N1CCCC1. The minimum absolute atomic E-state index is 0.0158. The van der Waals surface area contributed by atoms with Crippen molar-refractivity contribution in [2.24, 2.45) is 0 Å². The van der Waals surface area contributed by atoms with Gasteiger partial charge in [0.05, 0.1) is 5.39 Å². The van der Waals surface area contributed by atoms with Crippen LogP contribution in [0, 0.1) is 0 Å². The second kappa shape index (κ2) is 7.17. The molecule has 0 saturated carbocycles. The molecule has 2 aliphatic rings. The Labute approximate surface area is 167 Å². The van der Waals surface area contributed by atoms with Crippen molar-refractivity contribution in [1.29, 1.82) is 0 Å². The van der Waals surface area contributed by atoms with Gasteiger partial charge < -0.3 is 4.90 Å². The van der Waals surface area contributed by atoms with Gasteiger partial charge in [-0.05, 0) is 44.1 Å². The zero-order valence-electron chi connectivity index (χ0n) is 15.8. The van der Waals surface area contributed by atoms with Crippen molar-refractivity contribution >= 4 is 27.5 Å². The van der Waals surface area contributed by atoms with E-state index in [0.717, 1.165) is 61.0 Å². The predicted octanol–water partition coefficient (Wildman–Crippen LogP) is 3.63. The van der Waals surface area contributed by atoms with Gasteiger partial charge in [-0.2, -0.15) is 0 Å². The molecule has 0 N–H and O–H groups in total. The number of likely N-dealkylation sites (tertiary alicyclic amines) is 1. The second-order valence-electron chi connectivity index (χ2n) is 7.67. The van der Waals surface area contributed by atoms with Gasteiger partial charge in [0.15, 0.2) is 0 Å². The van der Waals surface area contributed by atoms with E-state index in [1.807, 2.05) is 35.2 Å². The van der Waals surface area contributed by atoms with Gasteiger partial charge >= 0.3 is 0 Å². The number of hydrogen-bond acceptors (Lipinski definition) is 4. The molecule has 0 radical (unpaired) electrons. The highest BCUT2D eigenvalue weighted by atomic mass is 32.1. The van der Waals surface area contributed by atoms with E-state index in [1.54, 1.807) is 15.9 Å². The van der Waals surface area contributed by atoms with Crippen molar-refractivity contribution < 1.29 is 4.79 Å². The van der Waals surface area contributed by atoms with E-state index in [4.69, 9.17) is 4.98 Å². The van der Waals surface area contributed by atoms with Gasteiger partial charge in [0.1, 0.15) is 17.2 Å². The fourth-order valence-electron chi connectivity index (χ4n) is 4.39. The number of rotatable bonds is 3. The van der Waals surface area contributed by atoms with Crippen molar-refractivity contribution in [3.63, 3.8) is 0 Å². The van der Waals surface area contributed by atoms with Crippen LogP contribution in [-0.2, 0) is 24.2 Å². The molecule has 1 amide bonds. The van der Waals surface area contributed by atoms with Gasteiger partial charge in [0, 0.05) is 23.5 Å². The third-order valence-electron chi connectivity index (χ3n) is 5.86. The van der Waals surface area contributed by atoms with Gasteiger partial charge in [-0.1, -0.05) is 30.3 Å². The molecule has 0 bridgehead atoms. The lowest BCUT2D eigenvalue weighted by atomic mass is 9.97. The van der Waals surface area contributed by atoms with Crippen LogP contribution in [0.15, 0.2) is 35.1 Å². The molecule has 144 valence electrons. The lowest BCUT2D eigenvalue weighted by Crippen LogP contribution is -2.35.